The summed E-state index contributed by atoms with van der Waals surface area (Å²) in [5.41, 5.74) is 2.24. The number of halogens is 1. The van der Waals surface area contributed by atoms with Gasteiger partial charge in [0.05, 0.1) is 5.56 Å². The monoisotopic (exact) mass is 253 g/mol. The molecule has 1 aromatic carbocycles. The Bertz CT molecular complexity index is 516. The average Bonchev–Trinajstić information content (AvgIpc) is 2.48. The number of aryl methyl sites for hydroxylation is 1. The standard InChI is InChI=1S/C10H8BrNO2/c1-5-2-9-6(3-8(5)11)7(4-12-9)10(13)14/h2-4,12H,1H3,(H,13,14). The van der Waals surface area contributed by atoms with Crippen LogP contribution in [0.5, 0.6) is 0 Å². The van der Waals surface area contributed by atoms with Crippen LogP contribution >= 0.6 is 15.9 Å². The van der Waals surface area contributed by atoms with Crippen molar-refractivity contribution < 1.29 is 9.90 Å². The molecular weight excluding hydrogens is 246 g/mol. The van der Waals surface area contributed by atoms with E-state index in [1.807, 2.05) is 19.1 Å². The maximum absolute atomic E-state index is 10.8. The lowest BCUT2D eigenvalue weighted by Gasteiger charge is -1.98. The molecule has 0 atom stereocenters. The van der Waals surface area contributed by atoms with Crippen LogP contribution in [0, 0.1) is 6.92 Å². The third-order valence-corrected chi connectivity index (χ3v) is 3.05. The molecule has 2 rings (SSSR count). The number of nitrogens with one attached hydrogen (secondary N) is 1. The molecule has 4 heteroatoms. The van der Waals surface area contributed by atoms with Crippen molar-refractivity contribution in [1.29, 1.82) is 0 Å². The number of hydrogen-bond acceptors (Lipinski definition) is 1. The number of fused-ring (bicyclic) bond motifs is 1. The Morgan fingerprint density at radius 1 is 1.50 bits per heavy atom. The number of carboxylic acids is 1. The van der Waals surface area contributed by atoms with Gasteiger partial charge in [-0.25, -0.2) is 4.79 Å². The topological polar surface area (TPSA) is 53.1 Å². The SMILES string of the molecule is Cc1cc2[nH]cc(C(=O)O)c2cc1Br. The summed E-state index contributed by atoms with van der Waals surface area (Å²) in [6, 6.07) is 3.75. The quantitative estimate of drug-likeness (QED) is 0.821. The van der Waals surface area contributed by atoms with Gasteiger partial charge in [-0.3, -0.25) is 0 Å². The molecule has 0 fully saturated rings. The molecule has 0 aliphatic heterocycles. The molecule has 3 nitrogen and oxygen atoms in total. The van der Waals surface area contributed by atoms with E-state index < -0.39 is 5.97 Å². The van der Waals surface area contributed by atoms with Crippen LogP contribution in [0.4, 0.5) is 0 Å². The van der Waals surface area contributed by atoms with E-state index in [9.17, 15) is 4.79 Å². The Morgan fingerprint density at radius 2 is 2.21 bits per heavy atom. The Balaban J connectivity index is 2.80. The van der Waals surface area contributed by atoms with Gasteiger partial charge in [0.1, 0.15) is 0 Å². The number of H-pyrrole nitrogens is 1. The fourth-order valence-corrected chi connectivity index (χ4v) is 1.77. The molecule has 2 aromatic rings. The van der Waals surface area contributed by atoms with Crippen LogP contribution in [-0.4, -0.2) is 16.1 Å². The molecule has 0 aliphatic rings. The Morgan fingerprint density at radius 3 is 2.86 bits per heavy atom. The molecule has 0 bridgehead atoms. The second-order valence-corrected chi connectivity index (χ2v) is 4.01. The number of aromatic carboxylic acids is 1. The first-order chi connectivity index (χ1) is 6.59. The minimum absolute atomic E-state index is 0.306. The van der Waals surface area contributed by atoms with Crippen LogP contribution in [0.1, 0.15) is 15.9 Å². The minimum Gasteiger partial charge on any atom is -0.478 e. The Kier molecular flexibility index (Phi) is 2.07. The van der Waals surface area contributed by atoms with Crippen LogP contribution in [0.25, 0.3) is 10.9 Å². The first kappa shape index (κ1) is 9.27. The summed E-state index contributed by atoms with van der Waals surface area (Å²) < 4.78 is 0.923. The van der Waals surface area contributed by atoms with Crippen LogP contribution in [0.15, 0.2) is 22.8 Å². The lowest BCUT2D eigenvalue weighted by molar-refractivity contribution is 0.0699. The number of carboxylic acid groups (broad SMARTS) is 1. The number of aromatic nitrogens is 1. The molecule has 0 saturated carbocycles. The molecule has 14 heavy (non-hydrogen) atoms. The fourth-order valence-electron chi connectivity index (χ4n) is 1.43. The van der Waals surface area contributed by atoms with Crippen molar-refractivity contribution in [1.82, 2.24) is 4.98 Å². The Labute approximate surface area is 88.9 Å². The van der Waals surface area contributed by atoms with Crippen LogP contribution in [0.2, 0.25) is 0 Å². The van der Waals surface area contributed by atoms with Crippen LogP contribution in [0.3, 0.4) is 0 Å². The molecule has 0 saturated heterocycles. The van der Waals surface area contributed by atoms with Gasteiger partial charge < -0.3 is 10.1 Å². The smallest absolute Gasteiger partial charge is 0.337 e. The van der Waals surface area contributed by atoms with E-state index in [0.29, 0.717) is 5.56 Å². The molecule has 72 valence electrons. The zero-order chi connectivity index (χ0) is 10.3. The maximum Gasteiger partial charge on any atom is 0.337 e. The van der Waals surface area contributed by atoms with Crippen LogP contribution < -0.4 is 0 Å². The highest BCUT2D eigenvalue weighted by molar-refractivity contribution is 9.10. The highest BCUT2D eigenvalue weighted by Crippen LogP contribution is 2.25. The van der Waals surface area contributed by atoms with E-state index in [1.54, 1.807) is 0 Å². The normalized spacial score (nSPS) is 10.7. The van der Waals surface area contributed by atoms with Gasteiger partial charge >= 0.3 is 5.97 Å². The zero-order valence-electron chi connectivity index (χ0n) is 7.47. The summed E-state index contributed by atoms with van der Waals surface area (Å²) in [6.07, 6.45) is 1.51. The van der Waals surface area contributed by atoms with Gasteiger partial charge in [0.25, 0.3) is 0 Å². The fraction of sp³-hybridized carbons (Fsp3) is 0.100. The van der Waals surface area contributed by atoms with Crippen molar-refractivity contribution in [2.45, 2.75) is 6.92 Å². The molecule has 0 unspecified atom stereocenters. The van der Waals surface area contributed by atoms with E-state index in [0.717, 1.165) is 20.9 Å². The molecule has 0 aliphatic carbocycles. The molecule has 0 amide bonds. The molecule has 1 aromatic heterocycles. The van der Waals surface area contributed by atoms with E-state index in [4.69, 9.17) is 5.11 Å². The van der Waals surface area contributed by atoms with E-state index in [2.05, 4.69) is 20.9 Å². The average molecular weight is 254 g/mol. The lowest BCUT2D eigenvalue weighted by atomic mass is 10.1. The first-order valence-electron chi connectivity index (χ1n) is 4.10. The van der Waals surface area contributed by atoms with Gasteiger partial charge in [0.15, 0.2) is 0 Å². The largest absolute Gasteiger partial charge is 0.478 e. The lowest BCUT2D eigenvalue weighted by Crippen LogP contribution is -1.93. The maximum atomic E-state index is 10.8. The molecule has 0 radical (unpaired) electrons. The van der Waals surface area contributed by atoms with Crippen molar-refractivity contribution in [3.05, 3.63) is 33.9 Å². The van der Waals surface area contributed by atoms with Gasteiger partial charge in [-0.2, -0.15) is 0 Å². The summed E-state index contributed by atoms with van der Waals surface area (Å²) in [6.45, 7) is 1.96. The van der Waals surface area contributed by atoms with Crippen molar-refractivity contribution in [3.63, 3.8) is 0 Å². The summed E-state index contributed by atoms with van der Waals surface area (Å²) in [7, 11) is 0. The highest BCUT2D eigenvalue weighted by Gasteiger charge is 2.11. The van der Waals surface area contributed by atoms with Gasteiger partial charge in [-0.15, -0.1) is 0 Å². The number of hydrogen-bond donors (Lipinski definition) is 2. The van der Waals surface area contributed by atoms with E-state index in [-0.39, 0.29) is 0 Å². The van der Waals surface area contributed by atoms with Gasteiger partial charge in [0.2, 0.25) is 0 Å². The van der Waals surface area contributed by atoms with E-state index in [1.165, 1.54) is 6.20 Å². The number of rotatable bonds is 1. The van der Waals surface area contributed by atoms with Crippen molar-refractivity contribution in [2.75, 3.05) is 0 Å². The molecule has 1 heterocycles. The number of benzene rings is 1. The second kappa shape index (κ2) is 3.13. The predicted octanol–water partition coefficient (Wildman–Crippen LogP) is 2.94. The first-order valence-corrected chi connectivity index (χ1v) is 4.89. The molecule has 0 spiro atoms. The third-order valence-electron chi connectivity index (χ3n) is 2.19. The number of carbonyl (C=O) groups is 1. The highest BCUT2D eigenvalue weighted by atomic mass is 79.9. The van der Waals surface area contributed by atoms with E-state index >= 15 is 0 Å². The second-order valence-electron chi connectivity index (χ2n) is 3.15. The minimum atomic E-state index is -0.910. The number of aromatic amines is 1. The Hall–Kier alpha value is -1.29. The van der Waals surface area contributed by atoms with Crippen LogP contribution in [-0.2, 0) is 0 Å². The summed E-state index contributed by atoms with van der Waals surface area (Å²) in [4.78, 5) is 13.8. The predicted molar refractivity (Wildman–Crippen MR) is 57.7 cm³/mol. The van der Waals surface area contributed by atoms with Gasteiger partial charge in [0, 0.05) is 21.6 Å². The van der Waals surface area contributed by atoms with Gasteiger partial charge in [-0.05, 0) is 24.6 Å². The summed E-state index contributed by atoms with van der Waals surface area (Å²) in [5, 5.41) is 9.63. The van der Waals surface area contributed by atoms with Crippen molar-refractivity contribution >= 4 is 32.8 Å². The molecule has 2 N–H and O–H groups in total. The zero-order valence-corrected chi connectivity index (χ0v) is 9.05. The third kappa shape index (κ3) is 1.32. The summed E-state index contributed by atoms with van der Waals surface area (Å²) in [5.74, 6) is -0.910. The van der Waals surface area contributed by atoms with Crippen molar-refractivity contribution in [2.24, 2.45) is 0 Å². The molecular formula is C10H8BrNO2. The van der Waals surface area contributed by atoms with Crippen molar-refractivity contribution in [3.8, 4) is 0 Å². The van der Waals surface area contributed by atoms with Gasteiger partial charge in [-0.1, -0.05) is 15.9 Å². The summed E-state index contributed by atoms with van der Waals surface area (Å²) >= 11 is 3.38.